The molecule has 0 spiro atoms. The maximum Gasteiger partial charge on any atom is 0.278 e. The molecule has 0 bridgehead atoms. The van der Waals surface area contributed by atoms with Gasteiger partial charge >= 0.3 is 0 Å². The van der Waals surface area contributed by atoms with E-state index in [1.165, 1.54) is 15.4 Å². The molecule has 27 heavy (non-hydrogen) atoms. The molecule has 1 saturated heterocycles. The molecule has 2 N–H and O–H groups in total. The van der Waals surface area contributed by atoms with E-state index in [0.717, 1.165) is 49.8 Å². The topological polar surface area (TPSA) is 70.5 Å². The van der Waals surface area contributed by atoms with Gasteiger partial charge in [0.2, 0.25) is 0 Å². The van der Waals surface area contributed by atoms with Crippen LogP contribution in [-0.4, -0.2) is 45.3 Å². The van der Waals surface area contributed by atoms with E-state index in [9.17, 15) is 10.1 Å². The smallest absolute Gasteiger partial charge is 0.278 e. The van der Waals surface area contributed by atoms with Gasteiger partial charge in [0.1, 0.15) is 39.3 Å². The summed E-state index contributed by atoms with van der Waals surface area (Å²) in [6.07, 6.45) is 0. The van der Waals surface area contributed by atoms with Gasteiger partial charge in [-0.15, -0.1) is 0 Å². The van der Waals surface area contributed by atoms with Crippen molar-refractivity contribution in [3.05, 3.63) is 63.7 Å². The van der Waals surface area contributed by atoms with Crippen LogP contribution in [0, 0.1) is 10.1 Å². The molecule has 1 heterocycles. The highest BCUT2D eigenvalue weighted by molar-refractivity contribution is 5.42. The van der Waals surface area contributed by atoms with Crippen molar-refractivity contribution in [2.45, 2.75) is 13.1 Å². The molecule has 1 aliphatic rings. The summed E-state index contributed by atoms with van der Waals surface area (Å²) in [5.41, 5.74) is 2.27. The third-order valence-corrected chi connectivity index (χ3v) is 5.20. The monoisotopic (exact) mass is 373 g/mol. The van der Waals surface area contributed by atoms with E-state index in [-0.39, 0.29) is 10.6 Å². The van der Waals surface area contributed by atoms with Gasteiger partial charge in [-0.3, -0.25) is 10.1 Å². The Bertz CT molecular complexity index is 789. The number of benzene rings is 2. The predicted octanol–water partition coefficient (Wildman–Crippen LogP) is 0.0956. The molecule has 0 atom stereocenters. The number of quaternary nitrogens is 2. The van der Waals surface area contributed by atoms with Gasteiger partial charge in [0.15, 0.2) is 11.5 Å². The van der Waals surface area contributed by atoms with Crippen LogP contribution in [0.2, 0.25) is 0 Å². The number of hydrogen-bond donors (Lipinski definition) is 2. The molecule has 0 saturated carbocycles. The number of rotatable bonds is 7. The van der Waals surface area contributed by atoms with Crippen LogP contribution < -0.4 is 19.3 Å². The zero-order valence-corrected chi connectivity index (χ0v) is 15.9. The first-order chi connectivity index (χ1) is 13.1. The van der Waals surface area contributed by atoms with E-state index in [1.54, 1.807) is 26.4 Å². The third kappa shape index (κ3) is 4.75. The van der Waals surface area contributed by atoms with Crippen LogP contribution in [0.4, 0.5) is 5.69 Å². The quantitative estimate of drug-likeness (QED) is 0.533. The summed E-state index contributed by atoms with van der Waals surface area (Å²) in [7, 11) is 3.29. The lowest BCUT2D eigenvalue weighted by molar-refractivity contribution is -1.02. The highest BCUT2D eigenvalue weighted by atomic mass is 16.6. The lowest BCUT2D eigenvalue weighted by Gasteiger charge is -2.29. The van der Waals surface area contributed by atoms with E-state index in [4.69, 9.17) is 9.47 Å². The van der Waals surface area contributed by atoms with Crippen molar-refractivity contribution in [2.75, 3.05) is 40.4 Å². The van der Waals surface area contributed by atoms with E-state index in [1.807, 2.05) is 24.3 Å². The molecule has 0 amide bonds. The number of hydrogen-bond acceptors (Lipinski definition) is 4. The second kappa shape index (κ2) is 8.83. The summed E-state index contributed by atoms with van der Waals surface area (Å²) in [5, 5.41) is 11.2. The minimum Gasteiger partial charge on any atom is -0.493 e. The maximum absolute atomic E-state index is 11.2. The molecule has 0 radical (unpaired) electrons. The van der Waals surface area contributed by atoms with Crippen LogP contribution in [0.15, 0.2) is 42.5 Å². The van der Waals surface area contributed by atoms with Crippen molar-refractivity contribution in [1.29, 1.82) is 0 Å². The molecule has 1 fully saturated rings. The molecule has 144 valence electrons. The van der Waals surface area contributed by atoms with Gasteiger partial charge in [0, 0.05) is 11.6 Å². The Morgan fingerprint density at radius 3 is 2.19 bits per heavy atom. The summed E-state index contributed by atoms with van der Waals surface area (Å²) in [6, 6.07) is 13.1. The van der Waals surface area contributed by atoms with E-state index < -0.39 is 0 Å². The highest BCUT2D eigenvalue weighted by Gasteiger charge is 2.25. The molecule has 2 aromatic carbocycles. The fourth-order valence-corrected chi connectivity index (χ4v) is 3.70. The zero-order chi connectivity index (χ0) is 19.2. The molecule has 7 nitrogen and oxygen atoms in total. The summed E-state index contributed by atoms with van der Waals surface area (Å²) in [5.74, 6) is 1.50. The molecule has 0 aromatic heterocycles. The Balaban J connectivity index is 1.56. The first-order valence-electron chi connectivity index (χ1n) is 9.21. The van der Waals surface area contributed by atoms with Gasteiger partial charge in [-0.2, -0.15) is 0 Å². The van der Waals surface area contributed by atoms with Crippen molar-refractivity contribution >= 4 is 5.69 Å². The van der Waals surface area contributed by atoms with Crippen LogP contribution in [0.5, 0.6) is 11.5 Å². The van der Waals surface area contributed by atoms with Crippen molar-refractivity contribution in [2.24, 2.45) is 0 Å². The number of nitrogens with one attached hydrogen (secondary N) is 2. The third-order valence-electron chi connectivity index (χ3n) is 5.20. The Morgan fingerprint density at radius 1 is 0.926 bits per heavy atom. The molecule has 2 aromatic rings. The zero-order valence-electron chi connectivity index (χ0n) is 15.9. The highest BCUT2D eigenvalue weighted by Crippen LogP contribution is 2.27. The van der Waals surface area contributed by atoms with E-state index >= 15 is 0 Å². The first kappa shape index (κ1) is 19.1. The average molecular weight is 373 g/mol. The molecular weight excluding hydrogens is 346 g/mol. The van der Waals surface area contributed by atoms with Gasteiger partial charge in [0.25, 0.3) is 5.69 Å². The van der Waals surface area contributed by atoms with E-state index in [2.05, 4.69) is 6.07 Å². The normalized spacial score (nSPS) is 19.5. The van der Waals surface area contributed by atoms with Gasteiger partial charge in [-0.05, 0) is 24.3 Å². The Morgan fingerprint density at radius 2 is 1.56 bits per heavy atom. The van der Waals surface area contributed by atoms with Crippen molar-refractivity contribution in [3.63, 3.8) is 0 Å². The molecule has 0 aliphatic carbocycles. The number of ether oxygens (including phenoxy) is 2. The number of para-hydroxylation sites is 1. The molecule has 3 rings (SSSR count). The number of nitro groups is 1. The second-order valence-electron chi connectivity index (χ2n) is 6.93. The van der Waals surface area contributed by atoms with Gasteiger partial charge in [-0.25, -0.2) is 0 Å². The van der Waals surface area contributed by atoms with Gasteiger partial charge < -0.3 is 19.3 Å². The number of nitro benzene ring substituents is 1. The lowest BCUT2D eigenvalue weighted by Crippen LogP contribution is -3.27. The Labute approximate surface area is 159 Å². The largest absolute Gasteiger partial charge is 0.493 e. The number of nitrogens with zero attached hydrogens (tertiary/aromatic N) is 1. The fourth-order valence-electron chi connectivity index (χ4n) is 3.70. The summed E-state index contributed by atoms with van der Waals surface area (Å²) < 4.78 is 10.7. The minimum absolute atomic E-state index is 0.227. The Kier molecular flexibility index (Phi) is 6.26. The summed E-state index contributed by atoms with van der Waals surface area (Å²) in [6.45, 7) is 5.76. The average Bonchev–Trinajstić information content (AvgIpc) is 2.69. The molecule has 1 aliphatic heterocycles. The standard InChI is InChI=1S/C20H25N3O4/c1-26-19-8-7-16(13-20(19)27-2)14-21-9-11-22(12-10-21)15-17-5-3-4-6-18(17)23(24)25/h3-8,13H,9-12,14-15H2,1-2H3/p+2. The minimum atomic E-state index is -0.284. The maximum atomic E-state index is 11.2. The summed E-state index contributed by atoms with van der Waals surface area (Å²) in [4.78, 5) is 13.8. The van der Waals surface area contributed by atoms with Gasteiger partial charge in [-0.1, -0.05) is 12.1 Å². The fraction of sp³-hybridized carbons (Fsp3) is 0.400. The van der Waals surface area contributed by atoms with Crippen LogP contribution in [0.25, 0.3) is 0 Å². The molecule has 0 unspecified atom stereocenters. The van der Waals surface area contributed by atoms with E-state index in [0.29, 0.717) is 6.54 Å². The van der Waals surface area contributed by atoms with Crippen LogP contribution in [0.3, 0.4) is 0 Å². The SMILES string of the molecule is COc1ccc(C[NH+]2CC[NH+](Cc3ccccc3[N+](=O)[O-])CC2)cc1OC. The summed E-state index contributed by atoms with van der Waals surface area (Å²) >= 11 is 0. The van der Waals surface area contributed by atoms with Gasteiger partial charge in [0.05, 0.1) is 24.7 Å². The van der Waals surface area contributed by atoms with Crippen molar-refractivity contribution in [3.8, 4) is 11.5 Å². The van der Waals surface area contributed by atoms with Crippen molar-refractivity contribution in [1.82, 2.24) is 0 Å². The Hall–Kier alpha value is -2.64. The van der Waals surface area contributed by atoms with Crippen molar-refractivity contribution < 1.29 is 24.2 Å². The molecular formula is C20H27N3O4+2. The van der Waals surface area contributed by atoms with Crippen LogP contribution in [0.1, 0.15) is 11.1 Å². The molecule has 7 heteroatoms. The predicted molar refractivity (Wildman–Crippen MR) is 101 cm³/mol. The number of methoxy groups -OCH3 is 2. The first-order valence-corrected chi connectivity index (χ1v) is 9.21. The van der Waals surface area contributed by atoms with Crippen LogP contribution in [-0.2, 0) is 13.1 Å². The van der Waals surface area contributed by atoms with Crippen LogP contribution >= 0.6 is 0 Å². The number of piperazine rings is 1. The second-order valence-corrected chi connectivity index (χ2v) is 6.93. The lowest BCUT2D eigenvalue weighted by atomic mass is 10.1.